The number of nitrogens with one attached hydrogen (secondary N) is 1. The molecule has 0 atom stereocenters. The Morgan fingerprint density at radius 2 is 1.78 bits per heavy atom. The highest BCUT2D eigenvalue weighted by molar-refractivity contribution is 5.79. The van der Waals surface area contributed by atoms with Crippen LogP contribution in [0.2, 0.25) is 0 Å². The second-order valence-corrected chi connectivity index (χ2v) is 6.72. The number of aromatic nitrogens is 2. The first-order chi connectivity index (χ1) is 11.3. The fourth-order valence-corrected chi connectivity index (χ4v) is 3.84. The molecule has 0 bridgehead atoms. The second-order valence-electron chi connectivity index (χ2n) is 6.72. The molecule has 1 aliphatic heterocycles. The van der Waals surface area contributed by atoms with Gasteiger partial charge in [-0.25, -0.2) is 4.98 Å². The van der Waals surface area contributed by atoms with E-state index in [1.165, 1.54) is 19.3 Å². The van der Waals surface area contributed by atoms with Crippen molar-refractivity contribution in [2.75, 3.05) is 31.1 Å². The van der Waals surface area contributed by atoms with Crippen molar-refractivity contribution in [2.24, 2.45) is 5.92 Å². The van der Waals surface area contributed by atoms with Gasteiger partial charge in [0.15, 0.2) is 0 Å². The number of carbonyl (C=O) groups excluding carboxylic acids is 1. The number of H-pyrrole nitrogens is 1. The van der Waals surface area contributed by atoms with Crippen molar-refractivity contribution in [1.29, 1.82) is 0 Å². The lowest BCUT2D eigenvalue weighted by atomic mass is 9.88. The fourth-order valence-electron chi connectivity index (χ4n) is 3.84. The van der Waals surface area contributed by atoms with Gasteiger partial charge in [0.25, 0.3) is 0 Å². The van der Waals surface area contributed by atoms with Crippen molar-refractivity contribution in [3.63, 3.8) is 0 Å². The van der Waals surface area contributed by atoms with Crippen LogP contribution in [0, 0.1) is 5.92 Å². The van der Waals surface area contributed by atoms with Crippen molar-refractivity contribution < 1.29 is 4.79 Å². The Morgan fingerprint density at radius 1 is 1.04 bits per heavy atom. The van der Waals surface area contributed by atoms with E-state index in [0.717, 1.165) is 56.0 Å². The molecule has 2 heterocycles. The largest absolute Gasteiger partial charge is 0.339 e. The van der Waals surface area contributed by atoms with Crippen LogP contribution in [0.15, 0.2) is 24.3 Å². The second kappa shape index (κ2) is 6.22. The van der Waals surface area contributed by atoms with E-state index in [2.05, 4.69) is 25.8 Å². The van der Waals surface area contributed by atoms with E-state index >= 15 is 0 Å². The molecule has 2 fully saturated rings. The summed E-state index contributed by atoms with van der Waals surface area (Å²) in [6.07, 6.45) is 5.90. The molecule has 2 aliphatic rings. The summed E-state index contributed by atoms with van der Waals surface area (Å²) in [5.41, 5.74) is 2.08. The third-order valence-corrected chi connectivity index (χ3v) is 5.22. The minimum atomic E-state index is 0.279. The summed E-state index contributed by atoms with van der Waals surface area (Å²) in [4.78, 5) is 25.0. The standard InChI is InChI=1S/C18H24N4O/c23-17(14-6-2-1-3-7-14)21-10-12-22(13-11-21)18-19-15-8-4-5-9-16(15)20-18/h4-5,8-9,14H,1-3,6-7,10-13H2,(H,19,20). The number of rotatable bonds is 2. The molecule has 1 N–H and O–H groups in total. The Hall–Kier alpha value is -2.04. The zero-order chi connectivity index (χ0) is 15.6. The SMILES string of the molecule is O=C(C1CCCCC1)N1CCN(c2nc3ccccc3[nH]2)CC1. The summed E-state index contributed by atoms with van der Waals surface area (Å²) >= 11 is 0. The number of aromatic amines is 1. The molecule has 1 saturated heterocycles. The maximum absolute atomic E-state index is 12.6. The van der Waals surface area contributed by atoms with Gasteiger partial charge in [0.1, 0.15) is 0 Å². The molecule has 4 rings (SSSR count). The molecule has 1 amide bonds. The molecule has 2 aromatic rings. The molecule has 0 spiro atoms. The average Bonchev–Trinajstić information content (AvgIpc) is 3.06. The van der Waals surface area contributed by atoms with Crippen LogP contribution in [0.5, 0.6) is 0 Å². The minimum absolute atomic E-state index is 0.279. The smallest absolute Gasteiger partial charge is 0.225 e. The van der Waals surface area contributed by atoms with Crippen molar-refractivity contribution in [1.82, 2.24) is 14.9 Å². The quantitative estimate of drug-likeness (QED) is 0.928. The van der Waals surface area contributed by atoms with Crippen LogP contribution in [0.1, 0.15) is 32.1 Å². The minimum Gasteiger partial charge on any atom is -0.339 e. The normalized spacial score (nSPS) is 20.2. The first kappa shape index (κ1) is 14.5. The van der Waals surface area contributed by atoms with E-state index in [0.29, 0.717) is 5.91 Å². The van der Waals surface area contributed by atoms with Gasteiger partial charge in [0.05, 0.1) is 11.0 Å². The Bertz CT molecular complexity index is 648. The number of amides is 1. The van der Waals surface area contributed by atoms with E-state index in [1.807, 2.05) is 18.2 Å². The summed E-state index contributed by atoms with van der Waals surface area (Å²) in [6, 6.07) is 8.10. The molecule has 1 saturated carbocycles. The summed E-state index contributed by atoms with van der Waals surface area (Å²) in [7, 11) is 0. The van der Waals surface area contributed by atoms with E-state index in [-0.39, 0.29) is 5.92 Å². The van der Waals surface area contributed by atoms with Gasteiger partial charge in [-0.3, -0.25) is 4.79 Å². The fraction of sp³-hybridized carbons (Fsp3) is 0.556. The molecular weight excluding hydrogens is 288 g/mol. The van der Waals surface area contributed by atoms with Crippen LogP contribution in [-0.4, -0.2) is 47.0 Å². The Balaban J connectivity index is 1.39. The Morgan fingerprint density at radius 3 is 2.52 bits per heavy atom. The summed E-state index contributed by atoms with van der Waals surface area (Å²) in [5.74, 6) is 1.59. The molecule has 23 heavy (non-hydrogen) atoms. The number of para-hydroxylation sites is 2. The number of fused-ring (bicyclic) bond motifs is 1. The van der Waals surface area contributed by atoms with Crippen LogP contribution >= 0.6 is 0 Å². The number of piperazine rings is 1. The van der Waals surface area contributed by atoms with Gasteiger partial charge in [0, 0.05) is 32.1 Å². The number of imidazole rings is 1. The van der Waals surface area contributed by atoms with Crippen LogP contribution in [0.4, 0.5) is 5.95 Å². The van der Waals surface area contributed by atoms with Gasteiger partial charge < -0.3 is 14.8 Å². The number of benzene rings is 1. The number of anilines is 1. The third-order valence-electron chi connectivity index (χ3n) is 5.22. The predicted molar refractivity (Wildman–Crippen MR) is 91.5 cm³/mol. The van der Waals surface area contributed by atoms with Crippen molar-refractivity contribution in [2.45, 2.75) is 32.1 Å². The van der Waals surface area contributed by atoms with Crippen molar-refractivity contribution in [3.8, 4) is 0 Å². The molecule has 0 unspecified atom stereocenters. The Kier molecular flexibility index (Phi) is 3.93. The molecule has 5 heteroatoms. The van der Waals surface area contributed by atoms with Gasteiger partial charge in [-0.1, -0.05) is 31.4 Å². The summed E-state index contributed by atoms with van der Waals surface area (Å²) in [6.45, 7) is 3.34. The highest BCUT2D eigenvalue weighted by atomic mass is 16.2. The van der Waals surface area contributed by atoms with Gasteiger partial charge >= 0.3 is 0 Å². The van der Waals surface area contributed by atoms with Crippen molar-refractivity contribution >= 4 is 22.9 Å². The van der Waals surface area contributed by atoms with Gasteiger partial charge in [-0.05, 0) is 25.0 Å². The van der Waals surface area contributed by atoms with E-state index in [9.17, 15) is 4.79 Å². The number of carbonyl (C=O) groups is 1. The third kappa shape index (κ3) is 2.92. The van der Waals surface area contributed by atoms with Gasteiger partial charge in [0.2, 0.25) is 11.9 Å². The van der Waals surface area contributed by atoms with Crippen LogP contribution in [-0.2, 0) is 4.79 Å². The lowest BCUT2D eigenvalue weighted by molar-refractivity contribution is -0.136. The zero-order valence-electron chi connectivity index (χ0n) is 13.5. The summed E-state index contributed by atoms with van der Waals surface area (Å²) in [5, 5.41) is 0. The lowest BCUT2D eigenvalue weighted by Gasteiger charge is -2.37. The first-order valence-electron chi connectivity index (χ1n) is 8.80. The highest BCUT2D eigenvalue weighted by Crippen LogP contribution is 2.26. The summed E-state index contributed by atoms with van der Waals surface area (Å²) < 4.78 is 0. The van der Waals surface area contributed by atoms with E-state index < -0.39 is 0 Å². The maximum atomic E-state index is 12.6. The zero-order valence-corrected chi connectivity index (χ0v) is 13.5. The number of hydrogen-bond donors (Lipinski definition) is 1. The topological polar surface area (TPSA) is 52.2 Å². The molecule has 1 aliphatic carbocycles. The molecule has 5 nitrogen and oxygen atoms in total. The van der Waals surface area contributed by atoms with E-state index in [1.54, 1.807) is 0 Å². The van der Waals surface area contributed by atoms with E-state index in [4.69, 9.17) is 0 Å². The van der Waals surface area contributed by atoms with Crippen molar-refractivity contribution in [3.05, 3.63) is 24.3 Å². The monoisotopic (exact) mass is 312 g/mol. The molecule has 122 valence electrons. The molecule has 1 aromatic heterocycles. The maximum Gasteiger partial charge on any atom is 0.225 e. The first-order valence-corrected chi connectivity index (χ1v) is 8.80. The lowest BCUT2D eigenvalue weighted by Crippen LogP contribution is -2.50. The molecular formula is C18H24N4O. The molecule has 0 radical (unpaired) electrons. The van der Waals surface area contributed by atoms with Gasteiger partial charge in [-0.2, -0.15) is 0 Å². The Labute approximate surface area is 136 Å². The predicted octanol–water partition coefficient (Wildman–Crippen LogP) is 2.79. The highest BCUT2D eigenvalue weighted by Gasteiger charge is 2.29. The number of nitrogens with zero attached hydrogens (tertiary/aromatic N) is 3. The number of hydrogen-bond acceptors (Lipinski definition) is 3. The van der Waals surface area contributed by atoms with Crippen LogP contribution in [0.3, 0.4) is 0 Å². The molecule has 1 aromatic carbocycles. The van der Waals surface area contributed by atoms with Gasteiger partial charge in [-0.15, -0.1) is 0 Å². The average molecular weight is 312 g/mol. The van der Waals surface area contributed by atoms with Crippen LogP contribution < -0.4 is 4.90 Å². The van der Waals surface area contributed by atoms with Crippen LogP contribution in [0.25, 0.3) is 11.0 Å².